The van der Waals surface area contributed by atoms with Gasteiger partial charge in [0, 0.05) is 13.0 Å². The van der Waals surface area contributed by atoms with Gasteiger partial charge in [0.15, 0.2) is 5.89 Å². The number of rotatable bonds is 3. The standard InChI is InChI=1S/C7H12N2O/c1-6-5-9-7(10-6)3-4-8-2/h5,8H,3-4H2,1-2H3. The van der Waals surface area contributed by atoms with E-state index in [2.05, 4.69) is 10.3 Å². The van der Waals surface area contributed by atoms with Crippen molar-refractivity contribution in [3.8, 4) is 0 Å². The Hall–Kier alpha value is -0.830. The summed E-state index contributed by atoms with van der Waals surface area (Å²) in [6.07, 6.45) is 2.61. The summed E-state index contributed by atoms with van der Waals surface area (Å²) in [5, 5.41) is 3.03. The fraction of sp³-hybridized carbons (Fsp3) is 0.571. The van der Waals surface area contributed by atoms with E-state index in [1.807, 2.05) is 14.0 Å². The van der Waals surface area contributed by atoms with Crippen molar-refractivity contribution in [2.45, 2.75) is 13.3 Å². The normalized spacial score (nSPS) is 10.2. The molecule has 0 radical (unpaired) electrons. The fourth-order valence-corrected chi connectivity index (χ4v) is 0.749. The first-order chi connectivity index (χ1) is 4.83. The summed E-state index contributed by atoms with van der Waals surface area (Å²) >= 11 is 0. The summed E-state index contributed by atoms with van der Waals surface area (Å²) in [5.41, 5.74) is 0. The first-order valence-corrected chi connectivity index (χ1v) is 3.39. The van der Waals surface area contributed by atoms with Crippen LogP contribution in [0.1, 0.15) is 11.7 Å². The number of hydrogen-bond donors (Lipinski definition) is 1. The zero-order valence-corrected chi connectivity index (χ0v) is 6.35. The maximum Gasteiger partial charge on any atom is 0.195 e. The van der Waals surface area contributed by atoms with Gasteiger partial charge in [-0.25, -0.2) is 4.98 Å². The molecule has 0 unspecified atom stereocenters. The van der Waals surface area contributed by atoms with Crippen molar-refractivity contribution in [1.82, 2.24) is 10.3 Å². The Labute approximate surface area is 60.5 Å². The lowest BCUT2D eigenvalue weighted by Gasteiger charge is -1.91. The number of nitrogens with one attached hydrogen (secondary N) is 1. The molecule has 1 heterocycles. The van der Waals surface area contributed by atoms with Crippen LogP contribution in [-0.4, -0.2) is 18.6 Å². The fourth-order valence-electron chi connectivity index (χ4n) is 0.749. The first-order valence-electron chi connectivity index (χ1n) is 3.39. The highest BCUT2D eigenvalue weighted by atomic mass is 16.3. The molecule has 0 spiro atoms. The zero-order chi connectivity index (χ0) is 7.40. The van der Waals surface area contributed by atoms with Crippen molar-refractivity contribution in [1.29, 1.82) is 0 Å². The van der Waals surface area contributed by atoms with Crippen LogP contribution < -0.4 is 5.32 Å². The van der Waals surface area contributed by atoms with Crippen LogP contribution in [0.25, 0.3) is 0 Å². The Balaban J connectivity index is 2.42. The lowest BCUT2D eigenvalue weighted by atomic mass is 10.4. The van der Waals surface area contributed by atoms with Crippen molar-refractivity contribution in [2.24, 2.45) is 0 Å². The Morgan fingerprint density at radius 2 is 2.50 bits per heavy atom. The van der Waals surface area contributed by atoms with Crippen molar-refractivity contribution in [3.05, 3.63) is 17.8 Å². The minimum atomic E-state index is 0.812. The quantitative estimate of drug-likeness (QED) is 0.673. The van der Waals surface area contributed by atoms with E-state index >= 15 is 0 Å². The first kappa shape index (κ1) is 7.28. The Morgan fingerprint density at radius 3 is 3.00 bits per heavy atom. The second-order valence-electron chi connectivity index (χ2n) is 2.22. The van der Waals surface area contributed by atoms with E-state index in [0.717, 1.165) is 24.6 Å². The summed E-state index contributed by atoms with van der Waals surface area (Å²) in [7, 11) is 1.91. The number of nitrogens with zero attached hydrogens (tertiary/aromatic N) is 1. The second-order valence-corrected chi connectivity index (χ2v) is 2.22. The molecule has 1 aromatic rings. The Kier molecular flexibility index (Phi) is 2.45. The molecule has 0 saturated heterocycles. The lowest BCUT2D eigenvalue weighted by Crippen LogP contribution is -2.10. The largest absolute Gasteiger partial charge is 0.446 e. The minimum Gasteiger partial charge on any atom is -0.446 e. The highest BCUT2D eigenvalue weighted by Gasteiger charge is 1.97. The molecule has 0 aromatic carbocycles. The van der Waals surface area contributed by atoms with E-state index in [1.54, 1.807) is 6.20 Å². The third-order valence-corrected chi connectivity index (χ3v) is 1.26. The van der Waals surface area contributed by atoms with Crippen LogP contribution in [0, 0.1) is 6.92 Å². The average Bonchev–Trinajstić information content (AvgIpc) is 2.31. The molecule has 0 amide bonds. The molecule has 0 fully saturated rings. The molecule has 10 heavy (non-hydrogen) atoms. The van der Waals surface area contributed by atoms with Crippen LogP contribution in [0.5, 0.6) is 0 Å². The van der Waals surface area contributed by atoms with E-state index < -0.39 is 0 Å². The van der Waals surface area contributed by atoms with Gasteiger partial charge in [0.25, 0.3) is 0 Å². The minimum absolute atomic E-state index is 0.812. The van der Waals surface area contributed by atoms with Crippen LogP contribution in [-0.2, 0) is 6.42 Å². The van der Waals surface area contributed by atoms with E-state index in [0.29, 0.717) is 0 Å². The lowest BCUT2D eigenvalue weighted by molar-refractivity contribution is 0.467. The van der Waals surface area contributed by atoms with Crippen LogP contribution in [0.2, 0.25) is 0 Å². The average molecular weight is 140 g/mol. The summed E-state index contributed by atoms with van der Waals surface area (Å²) < 4.78 is 5.23. The smallest absolute Gasteiger partial charge is 0.195 e. The van der Waals surface area contributed by atoms with Gasteiger partial charge < -0.3 is 9.73 Å². The van der Waals surface area contributed by atoms with Gasteiger partial charge in [-0.2, -0.15) is 0 Å². The topological polar surface area (TPSA) is 38.1 Å². The molecule has 0 bridgehead atoms. The van der Waals surface area contributed by atoms with Crippen LogP contribution in [0.4, 0.5) is 0 Å². The molecule has 3 heteroatoms. The Bertz CT molecular complexity index is 195. The van der Waals surface area contributed by atoms with E-state index in [9.17, 15) is 0 Å². The molecule has 1 rings (SSSR count). The predicted molar refractivity (Wildman–Crippen MR) is 38.9 cm³/mol. The summed E-state index contributed by atoms with van der Waals surface area (Å²) in [5.74, 6) is 1.69. The van der Waals surface area contributed by atoms with E-state index in [1.165, 1.54) is 0 Å². The molecule has 3 nitrogen and oxygen atoms in total. The van der Waals surface area contributed by atoms with Crippen LogP contribution in [0.15, 0.2) is 10.6 Å². The second kappa shape index (κ2) is 3.37. The summed E-state index contributed by atoms with van der Waals surface area (Å²) in [4.78, 5) is 4.05. The van der Waals surface area contributed by atoms with Gasteiger partial charge in [-0.05, 0) is 14.0 Å². The highest BCUT2D eigenvalue weighted by molar-refractivity contribution is 4.90. The SMILES string of the molecule is CNCCc1ncc(C)o1. The maximum absolute atomic E-state index is 5.23. The third-order valence-electron chi connectivity index (χ3n) is 1.26. The molecule has 1 N–H and O–H groups in total. The number of likely N-dealkylation sites (N-methyl/N-ethyl adjacent to an activating group) is 1. The van der Waals surface area contributed by atoms with Gasteiger partial charge in [0.05, 0.1) is 6.20 Å². The molecule has 56 valence electrons. The predicted octanol–water partition coefficient (Wildman–Crippen LogP) is 0.745. The molecular formula is C7H12N2O. The van der Waals surface area contributed by atoms with Crippen molar-refractivity contribution < 1.29 is 4.42 Å². The van der Waals surface area contributed by atoms with Crippen LogP contribution >= 0.6 is 0 Å². The number of aromatic nitrogens is 1. The summed E-state index contributed by atoms with van der Waals surface area (Å²) in [6.45, 7) is 2.82. The van der Waals surface area contributed by atoms with E-state index in [4.69, 9.17) is 4.42 Å². The van der Waals surface area contributed by atoms with Gasteiger partial charge in [-0.3, -0.25) is 0 Å². The van der Waals surface area contributed by atoms with Gasteiger partial charge in [-0.15, -0.1) is 0 Å². The number of hydrogen-bond acceptors (Lipinski definition) is 3. The molecule has 0 saturated carbocycles. The van der Waals surface area contributed by atoms with E-state index in [-0.39, 0.29) is 0 Å². The number of oxazole rings is 1. The van der Waals surface area contributed by atoms with Crippen molar-refractivity contribution in [3.63, 3.8) is 0 Å². The zero-order valence-electron chi connectivity index (χ0n) is 6.35. The molecule has 0 aliphatic carbocycles. The summed E-state index contributed by atoms with van der Waals surface area (Å²) in [6, 6.07) is 0. The molecular weight excluding hydrogens is 128 g/mol. The molecule has 0 aliphatic rings. The van der Waals surface area contributed by atoms with Gasteiger partial charge >= 0.3 is 0 Å². The Morgan fingerprint density at radius 1 is 1.70 bits per heavy atom. The molecule has 0 aliphatic heterocycles. The van der Waals surface area contributed by atoms with Crippen molar-refractivity contribution in [2.75, 3.05) is 13.6 Å². The van der Waals surface area contributed by atoms with Gasteiger partial charge in [0.1, 0.15) is 5.76 Å². The number of aryl methyl sites for hydroxylation is 1. The van der Waals surface area contributed by atoms with Crippen molar-refractivity contribution >= 4 is 0 Å². The molecule has 1 aromatic heterocycles. The monoisotopic (exact) mass is 140 g/mol. The van der Waals surface area contributed by atoms with Gasteiger partial charge in [-0.1, -0.05) is 0 Å². The third kappa shape index (κ3) is 1.84. The molecule has 0 atom stereocenters. The highest BCUT2D eigenvalue weighted by Crippen LogP contribution is 2.00. The maximum atomic E-state index is 5.23. The van der Waals surface area contributed by atoms with Gasteiger partial charge in [0.2, 0.25) is 0 Å². The van der Waals surface area contributed by atoms with Crippen LogP contribution in [0.3, 0.4) is 0 Å².